The van der Waals surface area contributed by atoms with Gasteiger partial charge >= 0.3 is 0 Å². The zero-order valence-electron chi connectivity index (χ0n) is 18.4. The van der Waals surface area contributed by atoms with Crippen LogP contribution in [0, 0.1) is 0 Å². The molecule has 0 saturated heterocycles. The number of amides is 1. The fraction of sp³-hybridized carbons (Fsp3) is 0.417. The lowest BCUT2D eigenvalue weighted by Crippen LogP contribution is -2.51. The molecule has 1 aromatic carbocycles. The van der Waals surface area contributed by atoms with Crippen LogP contribution in [0.5, 0.6) is 11.5 Å². The smallest absolute Gasteiger partial charge is 0.229 e. The third-order valence-electron chi connectivity index (χ3n) is 6.52. The van der Waals surface area contributed by atoms with E-state index in [9.17, 15) is 4.79 Å². The van der Waals surface area contributed by atoms with Gasteiger partial charge in [0.25, 0.3) is 0 Å². The van der Waals surface area contributed by atoms with Crippen molar-refractivity contribution in [2.24, 2.45) is 0 Å². The topological polar surface area (TPSA) is 82.4 Å². The predicted molar refractivity (Wildman–Crippen MR) is 118 cm³/mol. The van der Waals surface area contributed by atoms with Gasteiger partial charge in [0, 0.05) is 17.5 Å². The number of hydrogen-bond donors (Lipinski definition) is 0. The van der Waals surface area contributed by atoms with Crippen LogP contribution in [0.25, 0.3) is 11.4 Å². The summed E-state index contributed by atoms with van der Waals surface area (Å²) in [5.41, 5.74) is 1.72. The van der Waals surface area contributed by atoms with Gasteiger partial charge < -0.3 is 18.9 Å². The van der Waals surface area contributed by atoms with Crippen molar-refractivity contribution in [1.29, 1.82) is 0 Å². The molecule has 0 bridgehead atoms. The van der Waals surface area contributed by atoms with Crippen LogP contribution in [0.3, 0.4) is 0 Å². The maximum atomic E-state index is 13.3. The van der Waals surface area contributed by atoms with Crippen molar-refractivity contribution in [3.8, 4) is 22.9 Å². The van der Waals surface area contributed by atoms with Gasteiger partial charge in [-0.25, -0.2) is 0 Å². The Morgan fingerprint density at radius 2 is 1.84 bits per heavy atom. The Morgan fingerprint density at radius 1 is 1.03 bits per heavy atom. The van der Waals surface area contributed by atoms with Gasteiger partial charge in [0.1, 0.15) is 0 Å². The molecular weight excluding hydrogens is 406 g/mol. The Morgan fingerprint density at radius 3 is 2.59 bits per heavy atom. The minimum Gasteiger partial charge on any atom is -0.493 e. The lowest BCUT2D eigenvalue weighted by Gasteiger charge is -2.44. The van der Waals surface area contributed by atoms with Crippen molar-refractivity contribution in [1.82, 2.24) is 24.6 Å². The van der Waals surface area contributed by atoms with E-state index < -0.39 is 0 Å². The number of ether oxygens (including phenoxy) is 2. The second-order valence-corrected chi connectivity index (χ2v) is 8.32. The van der Waals surface area contributed by atoms with E-state index in [4.69, 9.17) is 9.47 Å². The summed E-state index contributed by atoms with van der Waals surface area (Å²) < 4.78 is 13.1. The largest absolute Gasteiger partial charge is 0.493 e. The van der Waals surface area contributed by atoms with E-state index in [1.165, 1.54) is 0 Å². The van der Waals surface area contributed by atoms with Gasteiger partial charge in [-0.05, 0) is 43.2 Å². The summed E-state index contributed by atoms with van der Waals surface area (Å²) in [5, 5.41) is 9.03. The fourth-order valence-corrected chi connectivity index (χ4v) is 5.01. The van der Waals surface area contributed by atoms with Gasteiger partial charge in [-0.15, -0.1) is 10.2 Å². The molecular formula is C24H27N5O3. The highest BCUT2D eigenvalue weighted by molar-refractivity contribution is 5.79. The van der Waals surface area contributed by atoms with Gasteiger partial charge in [0.15, 0.2) is 23.1 Å². The van der Waals surface area contributed by atoms with Gasteiger partial charge in [-0.2, -0.15) is 0 Å². The minimum atomic E-state index is 0.0996. The molecule has 0 spiro atoms. The number of carbonyl (C=O) groups is 1. The van der Waals surface area contributed by atoms with Crippen molar-refractivity contribution in [3.63, 3.8) is 0 Å². The predicted octanol–water partition coefficient (Wildman–Crippen LogP) is 3.43. The second-order valence-electron chi connectivity index (χ2n) is 8.32. The highest BCUT2D eigenvalue weighted by atomic mass is 16.5. The molecule has 8 heteroatoms. The molecule has 166 valence electrons. The molecule has 0 N–H and O–H groups in total. The average molecular weight is 434 g/mol. The van der Waals surface area contributed by atoms with Crippen LogP contribution in [0.1, 0.15) is 43.2 Å². The van der Waals surface area contributed by atoms with Gasteiger partial charge in [-0.1, -0.05) is 18.9 Å². The number of aromatic nitrogens is 4. The van der Waals surface area contributed by atoms with Gasteiger partial charge in [-0.3, -0.25) is 9.78 Å². The van der Waals surface area contributed by atoms with Crippen molar-refractivity contribution >= 4 is 5.91 Å². The zero-order chi connectivity index (χ0) is 22.1. The zero-order valence-corrected chi connectivity index (χ0v) is 18.4. The van der Waals surface area contributed by atoms with Crippen molar-refractivity contribution in [2.45, 2.75) is 50.7 Å². The van der Waals surface area contributed by atoms with E-state index >= 15 is 0 Å². The van der Waals surface area contributed by atoms with Crippen LogP contribution in [-0.4, -0.2) is 50.8 Å². The molecule has 2 aromatic heterocycles. The Kier molecular flexibility index (Phi) is 5.51. The highest BCUT2D eigenvalue weighted by Crippen LogP contribution is 2.41. The van der Waals surface area contributed by atoms with E-state index in [1.807, 2.05) is 41.3 Å². The van der Waals surface area contributed by atoms with Crippen molar-refractivity contribution in [2.75, 3.05) is 14.2 Å². The van der Waals surface area contributed by atoms with E-state index in [-0.39, 0.29) is 18.0 Å². The number of carbonyl (C=O) groups excluding carboxylic acids is 1. The minimum absolute atomic E-state index is 0.0996. The second kappa shape index (κ2) is 8.61. The first-order chi connectivity index (χ1) is 15.7. The first-order valence-electron chi connectivity index (χ1n) is 11.0. The molecule has 1 aliphatic carbocycles. The monoisotopic (exact) mass is 433 g/mol. The van der Waals surface area contributed by atoms with E-state index in [1.54, 1.807) is 20.4 Å². The van der Waals surface area contributed by atoms with Crippen molar-refractivity contribution in [3.05, 3.63) is 54.1 Å². The Bertz CT molecular complexity index is 1110. The molecule has 2 atom stereocenters. The van der Waals surface area contributed by atoms with Crippen LogP contribution in [-0.2, 0) is 17.8 Å². The number of pyridine rings is 1. The highest BCUT2D eigenvalue weighted by Gasteiger charge is 2.41. The van der Waals surface area contributed by atoms with Crippen molar-refractivity contribution < 1.29 is 14.3 Å². The van der Waals surface area contributed by atoms with Crippen LogP contribution in [0.4, 0.5) is 0 Å². The molecule has 1 saturated carbocycles. The van der Waals surface area contributed by atoms with Gasteiger partial charge in [0.2, 0.25) is 5.91 Å². The molecule has 32 heavy (non-hydrogen) atoms. The Labute approximate surface area is 187 Å². The van der Waals surface area contributed by atoms with Crippen LogP contribution >= 0.6 is 0 Å². The van der Waals surface area contributed by atoms with E-state index in [0.29, 0.717) is 24.5 Å². The van der Waals surface area contributed by atoms with Crippen LogP contribution < -0.4 is 9.47 Å². The first kappa shape index (κ1) is 20.5. The molecule has 1 amide bonds. The standard InChI is InChI=1S/C24H27N5O3/c1-31-20-11-10-16(13-21(20)32-2)24-27-26-22-15-28(18-8-3-4-9-19(18)29(22)24)23(30)14-17-7-5-6-12-25-17/h5-7,10-13,18-19H,3-4,8-9,14-15H2,1-2H3/t18-,19-/m0/s1. The number of methoxy groups -OCH3 is 2. The molecule has 1 aliphatic heterocycles. The summed E-state index contributed by atoms with van der Waals surface area (Å²) in [6.45, 7) is 0.465. The van der Waals surface area contributed by atoms with Crippen LogP contribution in [0.15, 0.2) is 42.6 Å². The molecule has 0 unspecified atom stereocenters. The summed E-state index contributed by atoms with van der Waals surface area (Å²) in [4.78, 5) is 19.6. The third kappa shape index (κ3) is 3.59. The SMILES string of the molecule is COc1ccc(-c2nnc3n2[C@H]2CCCC[C@@H]2N(C(=O)Cc2ccccn2)C3)cc1OC. The lowest BCUT2D eigenvalue weighted by atomic mass is 9.86. The number of hydrogen-bond acceptors (Lipinski definition) is 6. The molecule has 0 radical (unpaired) electrons. The number of benzene rings is 1. The van der Waals surface area contributed by atoms with Gasteiger partial charge in [0.05, 0.1) is 39.3 Å². The Balaban J connectivity index is 1.49. The number of rotatable bonds is 5. The fourth-order valence-electron chi connectivity index (χ4n) is 5.01. The molecule has 8 nitrogen and oxygen atoms in total. The molecule has 5 rings (SSSR count). The maximum absolute atomic E-state index is 13.3. The molecule has 3 aromatic rings. The molecule has 3 heterocycles. The summed E-state index contributed by atoms with van der Waals surface area (Å²) in [6.07, 6.45) is 6.28. The number of nitrogens with zero attached hydrogens (tertiary/aromatic N) is 5. The number of fused-ring (bicyclic) bond motifs is 3. The summed E-state index contributed by atoms with van der Waals surface area (Å²) in [7, 11) is 3.25. The summed E-state index contributed by atoms with van der Waals surface area (Å²) >= 11 is 0. The molecule has 2 aliphatic rings. The quantitative estimate of drug-likeness (QED) is 0.613. The third-order valence-corrected chi connectivity index (χ3v) is 6.52. The lowest BCUT2D eigenvalue weighted by molar-refractivity contribution is -0.137. The molecule has 1 fully saturated rings. The van der Waals surface area contributed by atoms with E-state index in [2.05, 4.69) is 19.7 Å². The van der Waals surface area contributed by atoms with E-state index in [0.717, 1.165) is 48.6 Å². The first-order valence-corrected chi connectivity index (χ1v) is 11.0. The summed E-state index contributed by atoms with van der Waals surface area (Å²) in [5.74, 6) is 3.08. The Hall–Kier alpha value is -3.42. The average Bonchev–Trinajstić information content (AvgIpc) is 3.28. The maximum Gasteiger partial charge on any atom is 0.229 e. The normalized spacial score (nSPS) is 19.8. The summed E-state index contributed by atoms with van der Waals surface area (Å²) in [6, 6.07) is 11.8. The van der Waals surface area contributed by atoms with Crippen LogP contribution in [0.2, 0.25) is 0 Å².